The van der Waals surface area contributed by atoms with Crippen molar-refractivity contribution < 1.29 is 28.7 Å². The smallest absolute Gasteiger partial charge is 0.407 e. The number of hydrogen-bond acceptors (Lipinski definition) is 6. The average molecular weight is 449 g/mol. The van der Waals surface area contributed by atoms with Crippen LogP contribution in [0.4, 0.5) is 4.79 Å². The number of fused-ring (bicyclic) bond motifs is 1. The van der Waals surface area contributed by atoms with Crippen LogP contribution in [0.2, 0.25) is 0 Å². The highest BCUT2D eigenvalue weighted by atomic mass is 16.6. The number of imide groups is 1. The van der Waals surface area contributed by atoms with Crippen LogP contribution >= 0.6 is 0 Å². The Morgan fingerprint density at radius 2 is 1.97 bits per heavy atom. The average Bonchev–Trinajstić information content (AvgIpc) is 3.12. The normalized spacial score (nSPS) is 24.1. The molecular formula is C24H23N3O6. The van der Waals surface area contributed by atoms with Crippen molar-refractivity contribution in [1.82, 2.24) is 15.5 Å². The summed E-state index contributed by atoms with van der Waals surface area (Å²) in [4.78, 5) is 50.3. The van der Waals surface area contributed by atoms with Crippen molar-refractivity contribution in [2.45, 2.75) is 44.2 Å². The molecular weight excluding hydrogens is 426 g/mol. The number of piperidine rings is 1. The van der Waals surface area contributed by atoms with Gasteiger partial charge in [-0.15, -0.1) is 0 Å². The Morgan fingerprint density at radius 1 is 1.15 bits per heavy atom. The minimum Gasteiger partial charge on any atom is -0.441 e. The van der Waals surface area contributed by atoms with Gasteiger partial charge in [-0.1, -0.05) is 42.5 Å². The third kappa shape index (κ3) is 4.19. The summed E-state index contributed by atoms with van der Waals surface area (Å²) in [7, 11) is 0. The minimum absolute atomic E-state index is 0.196. The number of hydrogen-bond donors (Lipinski definition) is 2. The van der Waals surface area contributed by atoms with Gasteiger partial charge in [0.15, 0.2) is 6.10 Å². The predicted octanol–water partition coefficient (Wildman–Crippen LogP) is 1.81. The maximum Gasteiger partial charge on any atom is 0.407 e. The summed E-state index contributed by atoms with van der Waals surface area (Å²) in [5.41, 5.74) is 3.02. The molecule has 3 aliphatic rings. The molecule has 0 radical (unpaired) electrons. The van der Waals surface area contributed by atoms with Gasteiger partial charge in [-0.25, -0.2) is 4.79 Å². The van der Waals surface area contributed by atoms with Gasteiger partial charge in [0.25, 0.3) is 5.91 Å². The second-order valence-corrected chi connectivity index (χ2v) is 8.35. The van der Waals surface area contributed by atoms with Crippen LogP contribution in [-0.4, -0.2) is 47.5 Å². The van der Waals surface area contributed by atoms with Gasteiger partial charge in [0.2, 0.25) is 11.8 Å². The summed E-state index contributed by atoms with van der Waals surface area (Å²) >= 11 is 0. The summed E-state index contributed by atoms with van der Waals surface area (Å²) in [6.07, 6.45) is -0.644. The molecule has 0 aliphatic carbocycles. The van der Waals surface area contributed by atoms with Crippen LogP contribution in [0, 0.1) is 0 Å². The fraction of sp³-hybridized carbons (Fsp3) is 0.333. The van der Waals surface area contributed by atoms with Crippen molar-refractivity contribution in [3.8, 4) is 0 Å². The van der Waals surface area contributed by atoms with E-state index in [-0.39, 0.29) is 37.0 Å². The van der Waals surface area contributed by atoms with Crippen molar-refractivity contribution in [1.29, 1.82) is 0 Å². The summed E-state index contributed by atoms with van der Waals surface area (Å²) < 4.78 is 11.0. The zero-order valence-corrected chi connectivity index (χ0v) is 17.8. The summed E-state index contributed by atoms with van der Waals surface area (Å²) in [6.45, 7) is 0.858. The van der Waals surface area contributed by atoms with Crippen LogP contribution in [0.1, 0.15) is 46.0 Å². The predicted molar refractivity (Wildman–Crippen MR) is 115 cm³/mol. The number of benzene rings is 2. The molecule has 0 bridgehead atoms. The third-order valence-corrected chi connectivity index (χ3v) is 6.19. The van der Waals surface area contributed by atoms with Crippen molar-refractivity contribution in [3.05, 3.63) is 70.8 Å². The van der Waals surface area contributed by atoms with Gasteiger partial charge >= 0.3 is 6.09 Å². The quantitative estimate of drug-likeness (QED) is 0.673. The molecule has 170 valence electrons. The van der Waals surface area contributed by atoms with Gasteiger partial charge < -0.3 is 19.7 Å². The highest BCUT2D eigenvalue weighted by molar-refractivity contribution is 6.05. The number of amides is 4. The third-order valence-electron chi connectivity index (χ3n) is 6.19. The van der Waals surface area contributed by atoms with E-state index in [2.05, 4.69) is 10.6 Å². The molecule has 2 saturated heterocycles. The zero-order valence-electron chi connectivity index (χ0n) is 17.8. The molecule has 9 nitrogen and oxygen atoms in total. The molecule has 3 unspecified atom stereocenters. The maximum absolute atomic E-state index is 12.9. The Balaban J connectivity index is 1.17. The largest absolute Gasteiger partial charge is 0.441 e. The molecule has 0 saturated carbocycles. The van der Waals surface area contributed by atoms with Crippen LogP contribution in [0.5, 0.6) is 0 Å². The van der Waals surface area contributed by atoms with E-state index in [9.17, 15) is 19.2 Å². The second kappa shape index (κ2) is 8.67. The van der Waals surface area contributed by atoms with Gasteiger partial charge in [-0.2, -0.15) is 0 Å². The van der Waals surface area contributed by atoms with Gasteiger partial charge in [0.05, 0.1) is 6.61 Å². The monoisotopic (exact) mass is 449 g/mol. The zero-order chi connectivity index (χ0) is 22.9. The Labute approximate surface area is 190 Å². The van der Waals surface area contributed by atoms with Crippen LogP contribution < -0.4 is 10.6 Å². The lowest BCUT2D eigenvalue weighted by Crippen LogP contribution is -2.52. The number of alkyl carbamates (subject to hydrolysis) is 1. The van der Waals surface area contributed by atoms with Crippen LogP contribution in [-0.2, 0) is 32.2 Å². The first kappa shape index (κ1) is 21.1. The lowest BCUT2D eigenvalue weighted by atomic mass is 10.0. The number of ether oxygens (including phenoxy) is 2. The van der Waals surface area contributed by atoms with Gasteiger partial charge in [0.1, 0.15) is 12.1 Å². The minimum atomic E-state index is -0.651. The van der Waals surface area contributed by atoms with Crippen LogP contribution in [0.15, 0.2) is 48.5 Å². The molecule has 9 heteroatoms. The Bertz CT molecular complexity index is 1120. The highest BCUT2D eigenvalue weighted by Gasteiger charge is 2.39. The van der Waals surface area contributed by atoms with Gasteiger partial charge in [-0.3, -0.25) is 19.7 Å². The van der Waals surface area contributed by atoms with Crippen molar-refractivity contribution in [2.75, 3.05) is 6.61 Å². The van der Waals surface area contributed by atoms with E-state index in [1.54, 1.807) is 6.07 Å². The highest BCUT2D eigenvalue weighted by Crippen LogP contribution is 2.32. The molecule has 2 aromatic rings. The summed E-state index contributed by atoms with van der Waals surface area (Å²) in [6, 6.07) is 14.3. The van der Waals surface area contributed by atoms with E-state index in [1.165, 1.54) is 4.90 Å². The first-order chi connectivity index (χ1) is 16.0. The first-order valence-electron chi connectivity index (χ1n) is 10.9. The number of carbonyl (C=O) groups excluding carboxylic acids is 4. The van der Waals surface area contributed by atoms with E-state index >= 15 is 0 Å². The SMILES string of the molecule is O=C1CCC(N2Cc3ccc(CNC(=O)OC4COC4c4ccccc4)cc3C2=O)C(=O)N1. The number of nitrogens with zero attached hydrogens (tertiary/aromatic N) is 1. The fourth-order valence-electron chi connectivity index (χ4n) is 4.39. The molecule has 0 aromatic heterocycles. The summed E-state index contributed by atoms with van der Waals surface area (Å²) in [5.74, 6) is -1.00. The fourth-order valence-corrected chi connectivity index (χ4v) is 4.39. The molecule has 0 spiro atoms. The van der Waals surface area contributed by atoms with E-state index < -0.39 is 18.0 Å². The molecule has 33 heavy (non-hydrogen) atoms. The van der Waals surface area contributed by atoms with E-state index in [0.29, 0.717) is 25.1 Å². The van der Waals surface area contributed by atoms with Crippen LogP contribution in [0.25, 0.3) is 0 Å². The molecule has 2 aromatic carbocycles. The van der Waals surface area contributed by atoms with E-state index in [0.717, 1.165) is 16.7 Å². The molecule has 4 amide bonds. The molecule has 5 rings (SSSR count). The standard InChI is InChI=1S/C24H23N3O6/c28-20-9-8-18(22(29)26-20)27-12-16-7-6-14(10-17(16)23(27)30)11-25-24(31)33-19-13-32-21(19)15-4-2-1-3-5-15/h1-7,10,18-19,21H,8-9,11-13H2,(H,25,31)(H,26,28,29). The maximum atomic E-state index is 12.9. The van der Waals surface area contributed by atoms with E-state index in [4.69, 9.17) is 9.47 Å². The van der Waals surface area contributed by atoms with Crippen molar-refractivity contribution in [3.63, 3.8) is 0 Å². The summed E-state index contributed by atoms with van der Waals surface area (Å²) in [5, 5.41) is 5.01. The number of nitrogens with one attached hydrogen (secondary N) is 2. The van der Waals surface area contributed by atoms with Crippen LogP contribution in [0.3, 0.4) is 0 Å². The topological polar surface area (TPSA) is 114 Å². The molecule has 3 aliphatic heterocycles. The van der Waals surface area contributed by atoms with E-state index in [1.807, 2.05) is 42.5 Å². The van der Waals surface area contributed by atoms with Crippen molar-refractivity contribution in [2.24, 2.45) is 0 Å². The first-order valence-corrected chi connectivity index (χ1v) is 10.9. The lowest BCUT2D eigenvalue weighted by molar-refractivity contribution is -0.166. The van der Waals surface area contributed by atoms with Gasteiger partial charge in [0, 0.05) is 25.1 Å². The molecule has 3 atom stereocenters. The Morgan fingerprint density at radius 3 is 2.70 bits per heavy atom. The molecule has 2 fully saturated rings. The lowest BCUT2D eigenvalue weighted by Gasteiger charge is -2.36. The molecule has 3 heterocycles. The number of rotatable bonds is 5. The number of carbonyl (C=O) groups is 4. The Kier molecular flexibility index (Phi) is 5.55. The second-order valence-electron chi connectivity index (χ2n) is 8.35. The Hall–Kier alpha value is -3.72. The van der Waals surface area contributed by atoms with Gasteiger partial charge in [-0.05, 0) is 29.2 Å². The van der Waals surface area contributed by atoms with Crippen molar-refractivity contribution >= 4 is 23.8 Å². The molecule has 2 N–H and O–H groups in total.